The van der Waals surface area contributed by atoms with Crippen LogP contribution >= 0.6 is 0 Å². The molecule has 2 aromatic heterocycles. The summed E-state index contributed by atoms with van der Waals surface area (Å²) in [6.07, 6.45) is 0. The summed E-state index contributed by atoms with van der Waals surface area (Å²) in [5, 5.41) is 7.33. The first-order valence-electron chi connectivity index (χ1n) is 6.80. The average Bonchev–Trinajstić information content (AvgIpc) is 2.84. The van der Waals surface area contributed by atoms with Gasteiger partial charge in [-0.05, 0) is 19.1 Å². The number of rotatable bonds is 3. The highest BCUT2D eigenvalue weighted by Crippen LogP contribution is 2.23. The Labute approximate surface area is 122 Å². The first-order valence-corrected chi connectivity index (χ1v) is 6.80. The van der Waals surface area contributed by atoms with E-state index in [-0.39, 0.29) is 5.91 Å². The highest BCUT2D eigenvalue weighted by Gasteiger charge is 2.15. The van der Waals surface area contributed by atoms with E-state index in [4.69, 9.17) is 0 Å². The number of fused-ring (bicyclic) bond motifs is 1. The number of amides is 1. The second-order valence-electron chi connectivity index (χ2n) is 4.93. The monoisotopic (exact) mass is 280 g/mol. The maximum atomic E-state index is 11.2. The molecular formula is C16H16N4O. The van der Waals surface area contributed by atoms with Gasteiger partial charge >= 0.3 is 0 Å². The molecule has 5 heteroatoms. The maximum absolute atomic E-state index is 11.2. The Kier molecular flexibility index (Phi) is 3.39. The van der Waals surface area contributed by atoms with Crippen molar-refractivity contribution >= 4 is 11.6 Å². The van der Waals surface area contributed by atoms with Gasteiger partial charge in [0.2, 0.25) is 5.91 Å². The number of carbonyl (C=O) groups excluding carboxylic acids is 1. The molecular weight excluding hydrogens is 264 g/mol. The summed E-state index contributed by atoms with van der Waals surface area (Å²) in [5.74, 6) is -0.0726. The molecule has 0 saturated heterocycles. The van der Waals surface area contributed by atoms with Crippen LogP contribution in [0.1, 0.15) is 18.3 Å². The quantitative estimate of drug-likeness (QED) is 0.801. The smallest absolute Gasteiger partial charge is 0.217 e. The fourth-order valence-corrected chi connectivity index (χ4v) is 2.26. The van der Waals surface area contributed by atoms with Crippen LogP contribution < -0.4 is 5.32 Å². The van der Waals surface area contributed by atoms with E-state index in [2.05, 4.69) is 15.4 Å². The summed E-state index contributed by atoms with van der Waals surface area (Å²) < 4.78 is 1.80. The molecule has 0 aliphatic rings. The lowest BCUT2D eigenvalue weighted by Gasteiger charge is -2.05. The van der Waals surface area contributed by atoms with Gasteiger partial charge < -0.3 is 5.32 Å². The summed E-state index contributed by atoms with van der Waals surface area (Å²) in [6.45, 7) is 3.84. The lowest BCUT2D eigenvalue weighted by Crippen LogP contribution is -2.20. The molecule has 0 fully saturated rings. The predicted molar refractivity (Wildman–Crippen MR) is 80.7 cm³/mol. The van der Waals surface area contributed by atoms with Crippen LogP contribution in [0.2, 0.25) is 0 Å². The topological polar surface area (TPSA) is 59.3 Å². The number of aryl methyl sites for hydroxylation is 1. The molecule has 0 aliphatic heterocycles. The number of aromatic nitrogens is 3. The van der Waals surface area contributed by atoms with Crippen LogP contribution in [0.5, 0.6) is 0 Å². The second kappa shape index (κ2) is 5.36. The van der Waals surface area contributed by atoms with Gasteiger partial charge in [0.05, 0.1) is 23.6 Å². The highest BCUT2D eigenvalue weighted by atomic mass is 16.1. The van der Waals surface area contributed by atoms with Crippen molar-refractivity contribution in [3.8, 4) is 11.3 Å². The first kappa shape index (κ1) is 13.3. The second-order valence-corrected chi connectivity index (χ2v) is 4.93. The van der Waals surface area contributed by atoms with Crippen LogP contribution in [0.4, 0.5) is 0 Å². The maximum Gasteiger partial charge on any atom is 0.217 e. The van der Waals surface area contributed by atoms with Gasteiger partial charge in [-0.1, -0.05) is 30.3 Å². The lowest BCUT2D eigenvalue weighted by molar-refractivity contribution is -0.119. The average molecular weight is 280 g/mol. The molecule has 21 heavy (non-hydrogen) atoms. The minimum absolute atomic E-state index is 0.0726. The molecule has 0 spiro atoms. The summed E-state index contributed by atoms with van der Waals surface area (Å²) in [5.41, 5.74) is 4.43. The normalized spacial score (nSPS) is 10.8. The molecule has 0 aliphatic carbocycles. The van der Waals surface area contributed by atoms with Crippen LogP contribution in [-0.4, -0.2) is 20.5 Å². The van der Waals surface area contributed by atoms with E-state index in [9.17, 15) is 4.79 Å². The molecule has 2 heterocycles. The lowest BCUT2D eigenvalue weighted by atomic mass is 10.1. The zero-order valence-corrected chi connectivity index (χ0v) is 12.0. The van der Waals surface area contributed by atoms with Crippen molar-refractivity contribution in [2.24, 2.45) is 0 Å². The molecule has 5 nitrogen and oxygen atoms in total. The van der Waals surface area contributed by atoms with Crippen molar-refractivity contribution < 1.29 is 4.79 Å². The van der Waals surface area contributed by atoms with Crippen LogP contribution in [0.15, 0.2) is 42.5 Å². The molecule has 0 atom stereocenters. The fourth-order valence-electron chi connectivity index (χ4n) is 2.26. The van der Waals surface area contributed by atoms with E-state index in [0.29, 0.717) is 6.54 Å². The van der Waals surface area contributed by atoms with Crippen molar-refractivity contribution in [2.75, 3.05) is 0 Å². The van der Waals surface area contributed by atoms with E-state index in [0.717, 1.165) is 28.3 Å². The van der Waals surface area contributed by atoms with E-state index >= 15 is 0 Å². The number of benzene rings is 1. The van der Waals surface area contributed by atoms with Crippen LogP contribution in [0.3, 0.4) is 0 Å². The number of hydrogen-bond donors (Lipinski definition) is 1. The van der Waals surface area contributed by atoms with Gasteiger partial charge in [-0.3, -0.25) is 4.79 Å². The summed E-state index contributed by atoms with van der Waals surface area (Å²) >= 11 is 0. The molecule has 0 unspecified atom stereocenters. The zero-order valence-electron chi connectivity index (χ0n) is 12.0. The van der Waals surface area contributed by atoms with Crippen molar-refractivity contribution in [3.05, 3.63) is 53.9 Å². The molecule has 0 bridgehead atoms. The minimum Gasteiger partial charge on any atom is -0.351 e. The Morgan fingerprint density at radius 2 is 1.95 bits per heavy atom. The Hall–Kier alpha value is -2.69. The number of imidazole rings is 1. The molecule has 0 radical (unpaired) electrons. The van der Waals surface area contributed by atoms with Crippen molar-refractivity contribution in [3.63, 3.8) is 0 Å². The summed E-state index contributed by atoms with van der Waals surface area (Å²) in [7, 11) is 0. The highest BCUT2D eigenvalue weighted by molar-refractivity contribution is 5.73. The SMILES string of the molecule is CC(=O)NCc1c(-c2ccccc2)nc2ccc(C)nn12. The van der Waals surface area contributed by atoms with Gasteiger partial charge in [0.15, 0.2) is 5.65 Å². The summed E-state index contributed by atoms with van der Waals surface area (Å²) in [6, 6.07) is 13.8. The van der Waals surface area contributed by atoms with Crippen molar-refractivity contribution in [2.45, 2.75) is 20.4 Å². The van der Waals surface area contributed by atoms with E-state index in [1.54, 1.807) is 4.52 Å². The Bertz CT molecular complexity index is 793. The van der Waals surface area contributed by atoms with Crippen LogP contribution in [0, 0.1) is 6.92 Å². The Balaban J connectivity index is 2.18. The van der Waals surface area contributed by atoms with Gasteiger partial charge in [-0.15, -0.1) is 0 Å². The van der Waals surface area contributed by atoms with E-state index in [1.807, 2.05) is 49.4 Å². The number of carbonyl (C=O) groups is 1. The van der Waals surface area contributed by atoms with Crippen LogP contribution in [0.25, 0.3) is 16.9 Å². The van der Waals surface area contributed by atoms with Crippen LogP contribution in [-0.2, 0) is 11.3 Å². The molecule has 0 saturated carbocycles. The van der Waals surface area contributed by atoms with Gasteiger partial charge in [-0.25, -0.2) is 9.50 Å². The minimum atomic E-state index is -0.0726. The molecule has 1 N–H and O–H groups in total. The summed E-state index contributed by atoms with van der Waals surface area (Å²) in [4.78, 5) is 15.9. The number of hydrogen-bond acceptors (Lipinski definition) is 3. The number of nitrogens with zero attached hydrogens (tertiary/aromatic N) is 3. The predicted octanol–water partition coefficient (Wildman–Crippen LogP) is 2.34. The van der Waals surface area contributed by atoms with E-state index in [1.165, 1.54) is 6.92 Å². The third kappa shape index (κ3) is 2.63. The first-order chi connectivity index (χ1) is 10.1. The zero-order chi connectivity index (χ0) is 14.8. The van der Waals surface area contributed by atoms with Gasteiger partial charge in [0.25, 0.3) is 0 Å². The molecule has 3 rings (SSSR count). The van der Waals surface area contributed by atoms with E-state index < -0.39 is 0 Å². The van der Waals surface area contributed by atoms with Crippen molar-refractivity contribution in [1.29, 1.82) is 0 Å². The fraction of sp³-hybridized carbons (Fsp3) is 0.188. The molecule has 1 aromatic carbocycles. The third-order valence-corrected chi connectivity index (χ3v) is 3.26. The molecule has 106 valence electrons. The molecule has 3 aromatic rings. The standard InChI is InChI=1S/C16H16N4O/c1-11-8-9-15-18-16(13-6-4-3-5-7-13)14(20(15)19-11)10-17-12(2)21/h3-9H,10H2,1-2H3,(H,17,21). The van der Waals surface area contributed by atoms with Gasteiger partial charge in [0, 0.05) is 12.5 Å². The number of nitrogens with one attached hydrogen (secondary N) is 1. The molecule has 1 amide bonds. The van der Waals surface area contributed by atoms with Gasteiger partial charge in [0.1, 0.15) is 0 Å². The van der Waals surface area contributed by atoms with Crippen molar-refractivity contribution in [1.82, 2.24) is 19.9 Å². The largest absolute Gasteiger partial charge is 0.351 e. The van der Waals surface area contributed by atoms with Gasteiger partial charge in [-0.2, -0.15) is 5.10 Å². The Morgan fingerprint density at radius 3 is 2.67 bits per heavy atom. The Morgan fingerprint density at radius 1 is 1.19 bits per heavy atom. The third-order valence-electron chi connectivity index (χ3n) is 3.26.